The number of rotatable bonds is 5. The third kappa shape index (κ3) is 3.06. The van der Waals surface area contributed by atoms with Crippen molar-refractivity contribution < 1.29 is 14.4 Å². The van der Waals surface area contributed by atoms with Crippen molar-refractivity contribution in [1.29, 1.82) is 0 Å². The van der Waals surface area contributed by atoms with Crippen molar-refractivity contribution in [3.8, 4) is 11.3 Å². The number of hydrogen-bond acceptors (Lipinski definition) is 5. The third-order valence-corrected chi connectivity index (χ3v) is 4.51. The first-order valence-corrected chi connectivity index (χ1v) is 8.21. The van der Waals surface area contributed by atoms with Gasteiger partial charge in [-0.2, -0.15) is 5.10 Å². The van der Waals surface area contributed by atoms with Crippen LogP contribution in [0.5, 0.6) is 0 Å². The zero-order valence-electron chi connectivity index (χ0n) is 13.5. The van der Waals surface area contributed by atoms with Crippen LogP contribution in [0.1, 0.15) is 35.1 Å². The van der Waals surface area contributed by atoms with Crippen LogP contribution >= 0.6 is 0 Å². The summed E-state index contributed by atoms with van der Waals surface area (Å²) in [6, 6.07) is 13.3. The van der Waals surface area contributed by atoms with E-state index >= 15 is 0 Å². The Hall–Kier alpha value is -2.93. The maximum atomic E-state index is 12.3. The van der Waals surface area contributed by atoms with Gasteiger partial charge in [-0.1, -0.05) is 35.5 Å². The lowest BCUT2D eigenvalue weighted by atomic mass is 9.86. The largest absolute Gasteiger partial charge is 0.390 e. The van der Waals surface area contributed by atoms with Gasteiger partial charge in [0.15, 0.2) is 0 Å². The van der Waals surface area contributed by atoms with Crippen molar-refractivity contribution in [3.05, 3.63) is 60.1 Å². The van der Waals surface area contributed by atoms with Gasteiger partial charge in [0.2, 0.25) is 5.76 Å². The molecule has 7 nitrogen and oxygen atoms in total. The van der Waals surface area contributed by atoms with E-state index in [1.54, 1.807) is 18.3 Å². The maximum absolute atomic E-state index is 12.3. The van der Waals surface area contributed by atoms with Gasteiger partial charge in [0.1, 0.15) is 5.69 Å². The Morgan fingerprint density at radius 2 is 2.08 bits per heavy atom. The van der Waals surface area contributed by atoms with Crippen LogP contribution in [0.4, 0.5) is 0 Å². The highest BCUT2D eigenvalue weighted by molar-refractivity contribution is 5.92. The Morgan fingerprint density at radius 1 is 1.28 bits per heavy atom. The van der Waals surface area contributed by atoms with Gasteiger partial charge in [0, 0.05) is 23.9 Å². The number of aliphatic hydroxyl groups is 1. The molecule has 128 valence electrons. The number of nitrogens with one attached hydrogen (secondary N) is 1. The van der Waals surface area contributed by atoms with E-state index in [-0.39, 0.29) is 30.4 Å². The summed E-state index contributed by atoms with van der Waals surface area (Å²) in [7, 11) is 0. The van der Waals surface area contributed by atoms with Crippen LogP contribution < -0.4 is 5.32 Å². The number of carbonyl (C=O) groups is 1. The zero-order valence-corrected chi connectivity index (χ0v) is 13.5. The highest BCUT2D eigenvalue weighted by atomic mass is 16.5. The number of nitrogens with zero attached hydrogens (tertiary/aromatic N) is 3. The standard InChI is InChI=1S/C18H18N4O3/c23-11-14-6-7-19-22(14)15-8-13(9-15)20-18(24)17-10-16(21-25-17)12-4-2-1-3-5-12/h1-7,10,13,15,23H,8-9,11H2,(H,20,24). The van der Waals surface area contributed by atoms with Crippen LogP contribution in [-0.4, -0.2) is 32.0 Å². The van der Waals surface area contributed by atoms with E-state index in [1.165, 1.54) is 0 Å². The van der Waals surface area contributed by atoms with Gasteiger partial charge in [0.05, 0.1) is 18.3 Å². The van der Waals surface area contributed by atoms with Crippen molar-refractivity contribution in [3.63, 3.8) is 0 Å². The molecule has 2 N–H and O–H groups in total. The van der Waals surface area contributed by atoms with Crippen molar-refractivity contribution in [2.75, 3.05) is 0 Å². The first kappa shape index (κ1) is 15.6. The number of amides is 1. The predicted molar refractivity (Wildman–Crippen MR) is 89.6 cm³/mol. The monoisotopic (exact) mass is 338 g/mol. The third-order valence-electron chi connectivity index (χ3n) is 4.51. The van der Waals surface area contributed by atoms with Crippen LogP contribution in [0.2, 0.25) is 0 Å². The first-order valence-electron chi connectivity index (χ1n) is 8.21. The molecule has 0 radical (unpaired) electrons. The second-order valence-corrected chi connectivity index (χ2v) is 6.16. The molecule has 7 heteroatoms. The smallest absolute Gasteiger partial charge is 0.290 e. The molecule has 1 aromatic carbocycles. The summed E-state index contributed by atoms with van der Waals surface area (Å²) in [5.41, 5.74) is 2.34. The van der Waals surface area contributed by atoms with E-state index < -0.39 is 0 Å². The lowest BCUT2D eigenvalue weighted by Crippen LogP contribution is -2.45. The quantitative estimate of drug-likeness (QED) is 0.744. The molecule has 4 rings (SSSR count). The molecular weight excluding hydrogens is 320 g/mol. The molecule has 0 atom stereocenters. The van der Waals surface area contributed by atoms with Crippen LogP contribution in [-0.2, 0) is 6.61 Å². The molecule has 2 heterocycles. The number of aromatic nitrogens is 3. The molecule has 2 aromatic heterocycles. The molecule has 25 heavy (non-hydrogen) atoms. The van der Waals surface area contributed by atoms with Gasteiger partial charge in [-0.05, 0) is 18.9 Å². The second kappa shape index (κ2) is 6.52. The van der Waals surface area contributed by atoms with Crippen LogP contribution in [0.15, 0.2) is 53.2 Å². The van der Waals surface area contributed by atoms with Crippen molar-refractivity contribution in [2.24, 2.45) is 0 Å². The predicted octanol–water partition coefficient (Wildman–Crippen LogP) is 2.16. The molecule has 0 saturated heterocycles. The van der Waals surface area contributed by atoms with Crippen LogP contribution in [0.25, 0.3) is 11.3 Å². The molecule has 1 fully saturated rings. The summed E-state index contributed by atoms with van der Waals surface area (Å²) >= 11 is 0. The van der Waals surface area contributed by atoms with E-state index in [0.29, 0.717) is 5.69 Å². The van der Waals surface area contributed by atoms with E-state index in [1.807, 2.05) is 35.0 Å². The molecule has 1 saturated carbocycles. The number of benzene rings is 1. The van der Waals surface area contributed by atoms with Crippen molar-refractivity contribution in [1.82, 2.24) is 20.3 Å². The van der Waals surface area contributed by atoms with Crippen molar-refractivity contribution in [2.45, 2.75) is 31.5 Å². The summed E-state index contributed by atoms with van der Waals surface area (Å²) in [6.45, 7) is -0.0339. The minimum Gasteiger partial charge on any atom is -0.390 e. The summed E-state index contributed by atoms with van der Waals surface area (Å²) in [5.74, 6) is -0.0570. The number of aliphatic hydroxyl groups excluding tert-OH is 1. The SMILES string of the molecule is O=C(NC1CC(n2nccc2CO)C1)c1cc(-c2ccccc2)no1. The second-order valence-electron chi connectivity index (χ2n) is 6.16. The molecule has 0 spiro atoms. The summed E-state index contributed by atoms with van der Waals surface area (Å²) in [5, 5.41) is 20.4. The fourth-order valence-corrected chi connectivity index (χ4v) is 3.08. The van der Waals surface area contributed by atoms with Gasteiger partial charge in [0.25, 0.3) is 5.91 Å². The summed E-state index contributed by atoms with van der Waals surface area (Å²) in [6.07, 6.45) is 3.23. The molecule has 1 aliphatic carbocycles. The van der Waals surface area contributed by atoms with Gasteiger partial charge >= 0.3 is 0 Å². The first-order chi connectivity index (χ1) is 12.2. The average Bonchev–Trinajstić information content (AvgIpc) is 3.27. The van der Waals surface area contributed by atoms with Crippen LogP contribution in [0.3, 0.4) is 0 Å². The molecular formula is C18H18N4O3. The minimum atomic E-state index is -0.263. The van der Waals surface area contributed by atoms with Gasteiger partial charge < -0.3 is 14.9 Å². The van der Waals surface area contributed by atoms with Crippen molar-refractivity contribution >= 4 is 5.91 Å². The Balaban J connectivity index is 1.35. The lowest BCUT2D eigenvalue weighted by Gasteiger charge is -2.36. The topological polar surface area (TPSA) is 93.2 Å². The van der Waals surface area contributed by atoms with Gasteiger partial charge in [-0.15, -0.1) is 0 Å². The Labute approximate surface area is 144 Å². The van der Waals surface area contributed by atoms with E-state index in [2.05, 4.69) is 15.6 Å². The Bertz CT molecular complexity index is 865. The fraction of sp³-hybridized carbons (Fsp3) is 0.278. The highest BCUT2D eigenvalue weighted by Crippen LogP contribution is 2.33. The lowest BCUT2D eigenvalue weighted by molar-refractivity contribution is 0.0847. The fourth-order valence-electron chi connectivity index (χ4n) is 3.08. The molecule has 1 amide bonds. The highest BCUT2D eigenvalue weighted by Gasteiger charge is 2.33. The van der Waals surface area contributed by atoms with E-state index in [4.69, 9.17) is 4.52 Å². The Morgan fingerprint density at radius 3 is 2.84 bits per heavy atom. The normalized spacial score (nSPS) is 19.4. The number of carbonyl (C=O) groups excluding carboxylic acids is 1. The van der Waals surface area contributed by atoms with E-state index in [9.17, 15) is 9.90 Å². The maximum Gasteiger partial charge on any atom is 0.290 e. The summed E-state index contributed by atoms with van der Waals surface area (Å²) in [4.78, 5) is 12.3. The van der Waals surface area contributed by atoms with Crippen LogP contribution in [0, 0.1) is 0 Å². The van der Waals surface area contributed by atoms with Gasteiger partial charge in [-0.25, -0.2) is 0 Å². The summed E-state index contributed by atoms with van der Waals surface area (Å²) < 4.78 is 7.00. The number of hydrogen-bond donors (Lipinski definition) is 2. The van der Waals surface area contributed by atoms with Gasteiger partial charge in [-0.3, -0.25) is 9.48 Å². The molecule has 0 unspecified atom stereocenters. The molecule has 0 bridgehead atoms. The average molecular weight is 338 g/mol. The minimum absolute atomic E-state index is 0.0339. The molecule has 0 aliphatic heterocycles. The van der Waals surface area contributed by atoms with E-state index in [0.717, 1.165) is 24.1 Å². The zero-order chi connectivity index (χ0) is 17.2. The molecule has 1 aliphatic rings. The molecule has 3 aromatic rings. The Kier molecular flexibility index (Phi) is 4.07.